The number of fused-ring (bicyclic) bond motifs is 6. The molecular formula is C31H22N2O2S. The standard InChI is InChI=1S/C31H22N2O2S/c1-21-14-17-23(18-15-21)36(34,35)33-30-13-7-4-10-26(30)27-20-22(16-19-31(27)33)32-28-11-5-2-8-24(28)25-9-3-6-12-29(25)32/h2-20H,1H3/i2D,3D,4D,5D,6D,7D,8D,9D,10D,11D,12D,13D,16D,19D,20D. The van der Waals surface area contributed by atoms with Crippen LogP contribution in [0.5, 0.6) is 0 Å². The third kappa shape index (κ3) is 2.90. The molecular weight excluding hydrogens is 464 g/mol. The van der Waals surface area contributed by atoms with Crippen molar-refractivity contribution in [1.29, 1.82) is 0 Å². The third-order valence-electron chi connectivity index (χ3n) is 5.92. The molecule has 2 heterocycles. The van der Waals surface area contributed by atoms with Crippen LogP contribution in [-0.2, 0) is 10.0 Å². The molecule has 7 rings (SSSR count). The van der Waals surface area contributed by atoms with Gasteiger partial charge in [0, 0.05) is 27.2 Å². The van der Waals surface area contributed by atoms with Crippen LogP contribution in [0.25, 0.3) is 49.3 Å². The molecule has 0 radical (unpaired) electrons. The second-order valence-corrected chi connectivity index (χ2v) is 9.82. The molecule has 2 aromatic heterocycles. The number of benzene rings is 5. The minimum absolute atomic E-state index is 0.324. The van der Waals surface area contributed by atoms with E-state index in [9.17, 15) is 12.5 Å². The Kier molecular flexibility index (Phi) is 2.26. The number of hydrogen-bond acceptors (Lipinski definition) is 2. The molecule has 0 aliphatic rings. The fourth-order valence-electron chi connectivity index (χ4n) is 4.29. The summed E-state index contributed by atoms with van der Waals surface area (Å²) >= 11 is 0. The quantitative estimate of drug-likeness (QED) is 0.253. The molecule has 0 aliphatic carbocycles. The molecule has 0 aliphatic heterocycles. The summed E-state index contributed by atoms with van der Waals surface area (Å²) in [6, 6.07) is -6.12. The van der Waals surface area contributed by atoms with Crippen molar-refractivity contribution in [1.82, 2.24) is 8.54 Å². The molecule has 0 N–H and O–H groups in total. The van der Waals surface area contributed by atoms with E-state index in [4.69, 9.17) is 16.4 Å². The fraction of sp³-hybridized carbons (Fsp3) is 0.0323. The van der Waals surface area contributed by atoms with E-state index in [0.717, 1.165) is 4.57 Å². The van der Waals surface area contributed by atoms with Crippen LogP contribution >= 0.6 is 0 Å². The molecule has 7 aromatic rings. The largest absolute Gasteiger partial charge is 0.309 e. The molecule has 0 saturated carbocycles. The fourth-order valence-corrected chi connectivity index (χ4v) is 5.73. The average molecular weight is 502 g/mol. The highest BCUT2D eigenvalue weighted by molar-refractivity contribution is 7.90. The first-order valence-electron chi connectivity index (χ1n) is 18.2. The highest BCUT2D eigenvalue weighted by Gasteiger charge is 2.23. The number of rotatable bonds is 3. The van der Waals surface area contributed by atoms with E-state index in [-0.39, 0.29) is 15.7 Å². The molecule has 0 bridgehead atoms. The smallest absolute Gasteiger partial charge is 0.268 e. The van der Waals surface area contributed by atoms with E-state index in [1.54, 1.807) is 6.92 Å². The van der Waals surface area contributed by atoms with E-state index in [1.807, 2.05) is 0 Å². The predicted octanol–water partition coefficient (Wildman–Crippen LogP) is 7.44. The minimum Gasteiger partial charge on any atom is -0.309 e. The molecule has 0 fully saturated rings. The third-order valence-corrected chi connectivity index (χ3v) is 7.63. The monoisotopic (exact) mass is 501 g/mol. The first-order valence-corrected chi connectivity index (χ1v) is 12.1. The van der Waals surface area contributed by atoms with Crippen molar-refractivity contribution in [3.05, 3.63) is 120 Å². The molecule has 5 heteroatoms. The Morgan fingerprint density at radius 3 is 1.72 bits per heavy atom. The summed E-state index contributed by atoms with van der Waals surface area (Å²) in [7, 11) is -4.80. The molecule has 4 nitrogen and oxygen atoms in total. The van der Waals surface area contributed by atoms with Crippen LogP contribution in [0.3, 0.4) is 0 Å². The van der Waals surface area contributed by atoms with Gasteiger partial charge < -0.3 is 4.57 Å². The highest BCUT2D eigenvalue weighted by Crippen LogP contribution is 2.36. The predicted molar refractivity (Wildman–Crippen MR) is 148 cm³/mol. The van der Waals surface area contributed by atoms with Gasteiger partial charge in [0.2, 0.25) is 0 Å². The molecule has 0 unspecified atom stereocenters. The Hall–Kier alpha value is -4.35. The first-order chi connectivity index (χ1) is 23.8. The van der Waals surface area contributed by atoms with Crippen LogP contribution in [0.2, 0.25) is 0 Å². The van der Waals surface area contributed by atoms with Crippen LogP contribution in [-0.4, -0.2) is 17.0 Å². The lowest BCUT2D eigenvalue weighted by atomic mass is 10.1. The molecule has 0 saturated heterocycles. The van der Waals surface area contributed by atoms with Crippen LogP contribution in [0.15, 0.2) is 120 Å². The maximum absolute atomic E-state index is 14.4. The summed E-state index contributed by atoms with van der Waals surface area (Å²) in [6.07, 6.45) is 0. The van der Waals surface area contributed by atoms with Crippen molar-refractivity contribution in [2.45, 2.75) is 11.8 Å². The van der Waals surface area contributed by atoms with Gasteiger partial charge in [-0.3, -0.25) is 0 Å². The van der Waals surface area contributed by atoms with Crippen molar-refractivity contribution in [2.24, 2.45) is 0 Å². The van der Waals surface area contributed by atoms with Gasteiger partial charge >= 0.3 is 0 Å². The van der Waals surface area contributed by atoms with E-state index in [2.05, 4.69) is 0 Å². The zero-order valence-corrected chi connectivity index (χ0v) is 19.2. The minimum atomic E-state index is -4.80. The molecule has 0 spiro atoms. The summed E-state index contributed by atoms with van der Waals surface area (Å²) in [5.74, 6) is 0. The van der Waals surface area contributed by atoms with Gasteiger partial charge in [-0.25, -0.2) is 12.4 Å². The lowest BCUT2D eigenvalue weighted by Gasteiger charge is -2.11. The lowest BCUT2D eigenvalue weighted by molar-refractivity contribution is 0.590. The van der Waals surface area contributed by atoms with Crippen LogP contribution in [0.1, 0.15) is 26.1 Å². The van der Waals surface area contributed by atoms with Crippen molar-refractivity contribution in [3.8, 4) is 5.69 Å². The zero-order chi connectivity index (χ0) is 37.5. The van der Waals surface area contributed by atoms with E-state index >= 15 is 0 Å². The number of hydrogen-bond donors (Lipinski definition) is 0. The van der Waals surface area contributed by atoms with E-state index in [0.29, 0.717) is 9.54 Å². The SMILES string of the molecule is [2H]c1c([2H])c([2H])c2c(c1[2H])c1c([2H])c([2H])c([2H])c([2H])c1n2-c1c([2H])c([2H])c2c(c1[2H])c1c([2H])c([2H])c([2H])c([2H])c1n2S(=O)(=O)c1ccc(C)cc1. The first kappa shape index (κ1) is 10.7. The maximum atomic E-state index is 14.4. The van der Waals surface area contributed by atoms with Crippen molar-refractivity contribution in [3.63, 3.8) is 0 Å². The normalized spacial score (nSPS) is 18.1. The van der Waals surface area contributed by atoms with E-state index in [1.165, 1.54) is 24.3 Å². The van der Waals surface area contributed by atoms with Gasteiger partial charge in [-0.05, 0) is 55.3 Å². The highest BCUT2D eigenvalue weighted by atomic mass is 32.2. The number of aryl methyl sites for hydroxylation is 1. The Labute approximate surface area is 229 Å². The Morgan fingerprint density at radius 1 is 0.611 bits per heavy atom. The van der Waals surface area contributed by atoms with Gasteiger partial charge in [0.05, 0.1) is 47.5 Å². The van der Waals surface area contributed by atoms with Crippen LogP contribution < -0.4 is 0 Å². The molecule has 0 atom stereocenters. The van der Waals surface area contributed by atoms with Gasteiger partial charge in [0.15, 0.2) is 0 Å². The molecule has 174 valence electrons. The summed E-state index contributed by atoms with van der Waals surface area (Å²) in [4.78, 5) is -0.324. The van der Waals surface area contributed by atoms with E-state index < -0.39 is 139 Å². The topological polar surface area (TPSA) is 44.0 Å². The van der Waals surface area contributed by atoms with Gasteiger partial charge in [-0.2, -0.15) is 0 Å². The van der Waals surface area contributed by atoms with Crippen molar-refractivity contribution in [2.75, 3.05) is 0 Å². The number of nitrogens with zero attached hydrogens (tertiary/aromatic N) is 2. The summed E-state index contributed by atoms with van der Waals surface area (Å²) in [5, 5.41) is -1.73. The van der Waals surface area contributed by atoms with Crippen LogP contribution in [0, 0.1) is 6.92 Å². The lowest BCUT2D eigenvalue weighted by Crippen LogP contribution is -2.12. The number of para-hydroxylation sites is 3. The second kappa shape index (κ2) is 7.57. The van der Waals surface area contributed by atoms with Gasteiger partial charge in [0.1, 0.15) is 0 Å². The molecule has 5 aromatic carbocycles. The molecule has 0 amide bonds. The summed E-state index contributed by atoms with van der Waals surface area (Å²) in [5.41, 5.74) is -2.11. The summed E-state index contributed by atoms with van der Waals surface area (Å²) in [6.45, 7) is 1.71. The van der Waals surface area contributed by atoms with Crippen molar-refractivity contribution >= 4 is 53.6 Å². The van der Waals surface area contributed by atoms with Crippen LogP contribution in [0.4, 0.5) is 0 Å². The Bertz CT molecular complexity index is 2800. The average Bonchev–Trinajstić information content (AvgIpc) is 3.65. The second-order valence-electron chi connectivity index (χ2n) is 8.04. The number of aromatic nitrogens is 2. The summed E-state index contributed by atoms with van der Waals surface area (Å²) < 4.78 is 161. The van der Waals surface area contributed by atoms with Gasteiger partial charge in [-0.1, -0.05) is 72.1 Å². The zero-order valence-electron chi connectivity index (χ0n) is 33.4. The Balaban J connectivity index is 1.82. The maximum Gasteiger partial charge on any atom is 0.268 e. The van der Waals surface area contributed by atoms with Crippen molar-refractivity contribution < 1.29 is 29.0 Å². The van der Waals surface area contributed by atoms with Gasteiger partial charge in [-0.15, -0.1) is 0 Å². The van der Waals surface area contributed by atoms with Gasteiger partial charge in [0.25, 0.3) is 10.0 Å². The molecule has 36 heavy (non-hydrogen) atoms. The Morgan fingerprint density at radius 2 is 1.11 bits per heavy atom.